The zero-order valence-electron chi connectivity index (χ0n) is 16.5. The van der Waals surface area contributed by atoms with Gasteiger partial charge in [-0.2, -0.15) is 0 Å². The number of nitrogens with one attached hydrogen (secondary N) is 1. The summed E-state index contributed by atoms with van der Waals surface area (Å²) >= 11 is 0. The van der Waals surface area contributed by atoms with Crippen molar-refractivity contribution in [1.82, 2.24) is 15.1 Å². The first-order chi connectivity index (χ1) is 11.2. The molecule has 5 heteroatoms. The number of nitrogens with zero attached hydrogens (tertiary/aromatic N) is 2. The molecule has 2 atom stereocenters. The van der Waals surface area contributed by atoms with E-state index in [1.54, 1.807) is 0 Å². The maximum atomic E-state index is 12.9. The van der Waals surface area contributed by atoms with Crippen LogP contribution in [0.25, 0.3) is 0 Å². The molecule has 1 aliphatic rings. The van der Waals surface area contributed by atoms with E-state index in [1.807, 2.05) is 32.7 Å². The zero-order chi connectivity index (χ0) is 18.3. The zero-order valence-corrected chi connectivity index (χ0v) is 16.5. The molecule has 1 fully saturated rings. The van der Waals surface area contributed by atoms with Gasteiger partial charge in [0.05, 0.1) is 0 Å². The lowest BCUT2D eigenvalue weighted by Gasteiger charge is -2.35. The van der Waals surface area contributed by atoms with Crippen LogP contribution in [0.5, 0.6) is 0 Å². The molecule has 140 valence electrons. The number of carbonyl (C=O) groups excluding carboxylic acids is 2. The summed E-state index contributed by atoms with van der Waals surface area (Å²) in [7, 11) is 1.87. The van der Waals surface area contributed by atoms with E-state index in [9.17, 15) is 9.59 Å². The molecule has 0 aromatic carbocycles. The minimum atomic E-state index is -0.253. The second kappa shape index (κ2) is 9.40. The molecule has 0 aromatic rings. The minimum absolute atomic E-state index is 0.0395. The summed E-state index contributed by atoms with van der Waals surface area (Å²) in [4.78, 5) is 29.7. The molecule has 1 rings (SSSR count). The first-order valence-electron chi connectivity index (χ1n) is 9.49. The van der Waals surface area contributed by atoms with E-state index in [1.165, 1.54) is 0 Å². The van der Waals surface area contributed by atoms with Crippen molar-refractivity contribution >= 4 is 11.8 Å². The average Bonchev–Trinajstić information content (AvgIpc) is 2.53. The molecule has 0 aromatic heterocycles. The van der Waals surface area contributed by atoms with Gasteiger partial charge in [-0.05, 0) is 46.7 Å². The second-order valence-electron chi connectivity index (χ2n) is 8.02. The van der Waals surface area contributed by atoms with E-state index in [-0.39, 0.29) is 29.2 Å². The predicted octanol–water partition coefficient (Wildman–Crippen LogP) is 2.51. The third-order valence-corrected chi connectivity index (χ3v) is 4.94. The molecule has 0 spiro atoms. The topological polar surface area (TPSA) is 52.7 Å². The molecule has 1 saturated carbocycles. The van der Waals surface area contributed by atoms with Crippen LogP contribution in [0.2, 0.25) is 0 Å². The van der Waals surface area contributed by atoms with Gasteiger partial charge in [-0.1, -0.05) is 26.7 Å². The van der Waals surface area contributed by atoms with Gasteiger partial charge >= 0.3 is 0 Å². The summed E-state index contributed by atoms with van der Waals surface area (Å²) in [6.07, 6.45) is 3.73. The molecule has 5 nitrogen and oxygen atoms in total. The van der Waals surface area contributed by atoms with Crippen LogP contribution in [0.1, 0.15) is 60.3 Å². The van der Waals surface area contributed by atoms with E-state index >= 15 is 0 Å². The lowest BCUT2D eigenvalue weighted by Crippen LogP contribution is -2.49. The number of rotatable bonds is 7. The third kappa shape index (κ3) is 6.42. The Morgan fingerprint density at radius 2 is 1.54 bits per heavy atom. The number of amides is 2. The van der Waals surface area contributed by atoms with Crippen molar-refractivity contribution < 1.29 is 9.59 Å². The maximum absolute atomic E-state index is 12.9. The number of hydrogen-bond donors (Lipinski definition) is 1. The van der Waals surface area contributed by atoms with E-state index in [2.05, 4.69) is 24.1 Å². The summed E-state index contributed by atoms with van der Waals surface area (Å²) in [5, 5.41) is 3.06. The molecule has 0 unspecified atom stereocenters. The van der Waals surface area contributed by atoms with E-state index in [4.69, 9.17) is 0 Å². The van der Waals surface area contributed by atoms with E-state index in [0.717, 1.165) is 51.9 Å². The number of carbonyl (C=O) groups is 2. The normalized spacial score (nSPS) is 21.6. The van der Waals surface area contributed by atoms with Crippen LogP contribution >= 0.6 is 0 Å². The van der Waals surface area contributed by atoms with E-state index < -0.39 is 0 Å². The van der Waals surface area contributed by atoms with Gasteiger partial charge in [0.25, 0.3) is 0 Å². The van der Waals surface area contributed by atoms with Crippen molar-refractivity contribution in [2.45, 2.75) is 65.8 Å². The van der Waals surface area contributed by atoms with Crippen LogP contribution in [0.3, 0.4) is 0 Å². The quantitative estimate of drug-likeness (QED) is 0.775. The van der Waals surface area contributed by atoms with Crippen molar-refractivity contribution in [3.05, 3.63) is 0 Å². The predicted molar refractivity (Wildman–Crippen MR) is 98.8 cm³/mol. The van der Waals surface area contributed by atoms with Gasteiger partial charge in [0, 0.05) is 37.5 Å². The largest absolute Gasteiger partial charge is 0.351 e. The summed E-state index contributed by atoms with van der Waals surface area (Å²) in [6, 6.07) is 0. The van der Waals surface area contributed by atoms with Crippen molar-refractivity contribution in [2.24, 2.45) is 11.8 Å². The fourth-order valence-corrected chi connectivity index (χ4v) is 3.43. The average molecular weight is 340 g/mol. The lowest BCUT2D eigenvalue weighted by atomic mass is 9.77. The fraction of sp³-hybridized carbons (Fsp3) is 0.895. The van der Waals surface area contributed by atoms with Crippen LogP contribution in [-0.2, 0) is 9.59 Å². The highest BCUT2D eigenvalue weighted by molar-refractivity contribution is 5.88. The molecule has 1 aliphatic carbocycles. The van der Waals surface area contributed by atoms with Crippen molar-refractivity contribution in [3.8, 4) is 0 Å². The van der Waals surface area contributed by atoms with Gasteiger partial charge in [-0.25, -0.2) is 0 Å². The van der Waals surface area contributed by atoms with Crippen molar-refractivity contribution in [3.63, 3.8) is 0 Å². The highest BCUT2D eigenvalue weighted by atomic mass is 16.2. The summed E-state index contributed by atoms with van der Waals surface area (Å²) in [5.74, 6) is -0.169. The Morgan fingerprint density at radius 3 is 2.04 bits per heavy atom. The maximum Gasteiger partial charge on any atom is 0.226 e. The van der Waals surface area contributed by atoms with Gasteiger partial charge < -0.3 is 15.1 Å². The summed E-state index contributed by atoms with van der Waals surface area (Å²) in [5.41, 5.74) is -0.253. The van der Waals surface area contributed by atoms with Crippen molar-refractivity contribution in [1.29, 1.82) is 0 Å². The van der Waals surface area contributed by atoms with E-state index in [0.29, 0.717) is 0 Å². The van der Waals surface area contributed by atoms with Gasteiger partial charge in [0.2, 0.25) is 11.8 Å². The molecule has 1 N–H and O–H groups in total. The number of hydrogen-bond acceptors (Lipinski definition) is 3. The van der Waals surface area contributed by atoms with Gasteiger partial charge in [0.1, 0.15) is 0 Å². The minimum Gasteiger partial charge on any atom is -0.351 e. The molecular weight excluding hydrogens is 302 g/mol. The molecule has 2 amide bonds. The Labute approximate surface area is 148 Å². The monoisotopic (exact) mass is 339 g/mol. The Hall–Kier alpha value is -1.10. The Kier molecular flexibility index (Phi) is 8.20. The molecule has 0 radical (unpaired) electrons. The molecular formula is C19H37N3O2. The van der Waals surface area contributed by atoms with Crippen LogP contribution in [0.15, 0.2) is 0 Å². The van der Waals surface area contributed by atoms with Gasteiger partial charge in [0.15, 0.2) is 0 Å². The third-order valence-electron chi connectivity index (χ3n) is 4.94. The van der Waals surface area contributed by atoms with Crippen LogP contribution in [-0.4, -0.2) is 60.4 Å². The molecule has 0 bridgehead atoms. The highest BCUT2D eigenvalue weighted by Crippen LogP contribution is 2.32. The first kappa shape index (κ1) is 20.9. The second-order valence-corrected chi connectivity index (χ2v) is 8.02. The summed E-state index contributed by atoms with van der Waals surface area (Å²) in [6.45, 7) is 13.9. The van der Waals surface area contributed by atoms with Crippen LogP contribution in [0.4, 0.5) is 0 Å². The molecule has 0 aliphatic heterocycles. The fourth-order valence-electron chi connectivity index (χ4n) is 3.43. The highest BCUT2D eigenvalue weighted by Gasteiger charge is 2.37. The molecule has 0 saturated heterocycles. The SMILES string of the molecule is CCN(CC)CCN(C)C(=O)[C@H]1CCCC[C@H]1C(=O)NC(C)(C)C. The Morgan fingerprint density at radius 1 is 1.00 bits per heavy atom. The molecule has 0 heterocycles. The summed E-state index contributed by atoms with van der Waals surface area (Å²) < 4.78 is 0. The Balaban J connectivity index is 2.69. The van der Waals surface area contributed by atoms with Crippen molar-refractivity contribution in [2.75, 3.05) is 33.2 Å². The number of likely N-dealkylation sites (N-methyl/N-ethyl adjacent to an activating group) is 2. The van der Waals surface area contributed by atoms with Crippen LogP contribution in [0, 0.1) is 11.8 Å². The Bertz CT molecular complexity index is 413. The van der Waals surface area contributed by atoms with Gasteiger partial charge in [-0.15, -0.1) is 0 Å². The van der Waals surface area contributed by atoms with Gasteiger partial charge in [-0.3, -0.25) is 9.59 Å². The first-order valence-corrected chi connectivity index (χ1v) is 9.49. The van der Waals surface area contributed by atoms with Crippen LogP contribution < -0.4 is 5.32 Å². The molecule has 24 heavy (non-hydrogen) atoms. The smallest absolute Gasteiger partial charge is 0.226 e. The lowest BCUT2D eigenvalue weighted by molar-refractivity contribution is -0.143. The standard InChI is InChI=1S/C19H37N3O2/c1-7-22(8-2)14-13-21(6)18(24)16-12-10-9-11-15(16)17(23)20-19(3,4)5/h15-16H,7-14H2,1-6H3,(H,20,23)/t15-,16+/m1/s1.